The number of hydrogen-bond donors (Lipinski definition) is 3. The average Bonchev–Trinajstić information content (AvgIpc) is 2.76. The molecular weight excluding hydrogens is 420 g/mol. The Balaban J connectivity index is 4.03. The molecule has 33 heavy (non-hydrogen) atoms. The fourth-order valence-electron chi connectivity index (χ4n) is 3.57. The normalized spacial score (nSPS) is 11.7. The molecular formula is C27H36O6. The van der Waals surface area contributed by atoms with Crippen LogP contribution in [0.1, 0.15) is 126 Å². The van der Waals surface area contributed by atoms with Crippen molar-refractivity contribution in [3.8, 4) is 0 Å². The monoisotopic (exact) mass is 456 g/mol. The van der Waals surface area contributed by atoms with Gasteiger partial charge in [-0.15, -0.1) is 0 Å². The van der Waals surface area contributed by atoms with Gasteiger partial charge in [-0.2, -0.15) is 0 Å². The molecule has 0 saturated carbocycles. The Hall–Kier alpha value is -3.15. The highest BCUT2D eigenvalue weighted by molar-refractivity contribution is 6.12. The molecule has 0 atom stereocenters. The number of carboxylic acid groups (broad SMARTS) is 3. The van der Waals surface area contributed by atoms with Gasteiger partial charge in [-0.05, 0) is 30.4 Å². The first-order chi connectivity index (χ1) is 15.8. The third-order valence-electron chi connectivity index (χ3n) is 5.29. The van der Waals surface area contributed by atoms with E-state index < -0.39 is 23.5 Å². The Bertz CT molecular complexity index is 921. The Morgan fingerprint density at radius 1 is 0.545 bits per heavy atom. The molecule has 0 aliphatic carbocycles. The van der Waals surface area contributed by atoms with Gasteiger partial charge in [-0.25, -0.2) is 14.4 Å². The summed E-state index contributed by atoms with van der Waals surface area (Å²) < 4.78 is 0. The molecule has 0 unspecified atom stereocenters. The Morgan fingerprint density at radius 3 is 1.18 bits per heavy atom. The number of allylic oxidation sites excluding steroid dienone is 3. The third kappa shape index (κ3) is 8.04. The lowest BCUT2D eigenvalue weighted by molar-refractivity contribution is 0.0648. The lowest BCUT2D eigenvalue weighted by atomic mass is 9.85. The second-order valence-corrected chi connectivity index (χ2v) is 7.92. The van der Waals surface area contributed by atoms with Gasteiger partial charge in [-0.1, -0.05) is 95.8 Å². The zero-order valence-electron chi connectivity index (χ0n) is 19.9. The van der Waals surface area contributed by atoms with Crippen LogP contribution in [-0.2, 0) is 0 Å². The molecule has 0 bridgehead atoms. The molecule has 1 aromatic carbocycles. The number of benzene rings is 1. The van der Waals surface area contributed by atoms with E-state index in [9.17, 15) is 29.7 Å². The van der Waals surface area contributed by atoms with Crippen LogP contribution >= 0.6 is 0 Å². The van der Waals surface area contributed by atoms with Crippen LogP contribution < -0.4 is 0 Å². The number of rotatable bonds is 15. The van der Waals surface area contributed by atoms with E-state index in [0.717, 1.165) is 38.5 Å². The predicted molar refractivity (Wildman–Crippen MR) is 133 cm³/mol. The lowest BCUT2D eigenvalue weighted by Gasteiger charge is -2.18. The number of aromatic carboxylic acids is 3. The van der Waals surface area contributed by atoms with Gasteiger partial charge in [0.15, 0.2) is 0 Å². The molecule has 1 rings (SSSR count). The summed E-state index contributed by atoms with van der Waals surface area (Å²) in [6, 6.07) is 0. The Morgan fingerprint density at radius 2 is 0.848 bits per heavy atom. The molecule has 3 N–H and O–H groups in total. The van der Waals surface area contributed by atoms with Gasteiger partial charge in [-0.3, -0.25) is 0 Å². The summed E-state index contributed by atoms with van der Waals surface area (Å²) in [6.07, 6.45) is 17.5. The van der Waals surface area contributed by atoms with Gasteiger partial charge in [0.25, 0.3) is 0 Å². The molecule has 0 heterocycles. The highest BCUT2D eigenvalue weighted by Gasteiger charge is 2.30. The van der Waals surface area contributed by atoms with Crippen molar-refractivity contribution >= 4 is 36.1 Å². The maximum atomic E-state index is 12.4. The summed E-state index contributed by atoms with van der Waals surface area (Å²) in [5.41, 5.74) is -0.799. The van der Waals surface area contributed by atoms with E-state index in [1.54, 1.807) is 24.3 Å². The smallest absolute Gasteiger partial charge is 0.337 e. The predicted octanol–water partition coefficient (Wildman–Crippen LogP) is 7.39. The summed E-state index contributed by atoms with van der Waals surface area (Å²) >= 11 is 0. The summed E-state index contributed by atoms with van der Waals surface area (Å²) in [6.45, 7) is 6.09. The van der Waals surface area contributed by atoms with Gasteiger partial charge in [0, 0.05) is 5.56 Å². The first-order valence-electron chi connectivity index (χ1n) is 11.7. The summed E-state index contributed by atoms with van der Waals surface area (Å²) in [5, 5.41) is 30.0. The van der Waals surface area contributed by atoms with Crippen LogP contribution in [0.3, 0.4) is 0 Å². The van der Waals surface area contributed by atoms with Gasteiger partial charge < -0.3 is 15.3 Å². The fourth-order valence-corrected chi connectivity index (χ4v) is 3.57. The van der Waals surface area contributed by atoms with Crippen LogP contribution in [0.4, 0.5) is 0 Å². The summed E-state index contributed by atoms with van der Waals surface area (Å²) in [5.74, 6) is -4.15. The minimum atomic E-state index is -1.46. The highest BCUT2D eigenvalue weighted by Crippen LogP contribution is 2.33. The maximum absolute atomic E-state index is 12.4. The van der Waals surface area contributed by atoms with Crippen molar-refractivity contribution in [2.45, 2.75) is 78.6 Å². The molecule has 0 aliphatic rings. The summed E-state index contributed by atoms with van der Waals surface area (Å²) in [7, 11) is 0. The van der Waals surface area contributed by atoms with Crippen molar-refractivity contribution in [3.63, 3.8) is 0 Å². The molecule has 0 saturated heterocycles. The minimum absolute atomic E-state index is 0.0793. The van der Waals surface area contributed by atoms with Crippen LogP contribution in [-0.4, -0.2) is 33.2 Å². The number of carbonyl (C=O) groups is 3. The first kappa shape index (κ1) is 27.9. The van der Waals surface area contributed by atoms with Crippen LogP contribution in [0.5, 0.6) is 0 Å². The van der Waals surface area contributed by atoms with Gasteiger partial charge in [0.1, 0.15) is 0 Å². The number of hydrogen-bond acceptors (Lipinski definition) is 3. The minimum Gasteiger partial charge on any atom is -0.478 e. The third-order valence-corrected chi connectivity index (χ3v) is 5.29. The maximum Gasteiger partial charge on any atom is 0.337 e. The van der Waals surface area contributed by atoms with Crippen molar-refractivity contribution in [1.82, 2.24) is 0 Å². The van der Waals surface area contributed by atoms with E-state index in [0.29, 0.717) is 19.3 Å². The van der Waals surface area contributed by atoms with E-state index in [1.165, 1.54) is 6.08 Å². The molecule has 0 radical (unpaired) electrons. The first-order valence-corrected chi connectivity index (χ1v) is 11.7. The van der Waals surface area contributed by atoms with Crippen LogP contribution in [0.25, 0.3) is 18.2 Å². The van der Waals surface area contributed by atoms with E-state index in [2.05, 4.69) is 0 Å². The fraction of sp³-hybridized carbons (Fsp3) is 0.444. The number of unbranched alkanes of at least 4 members (excludes halogenated alkanes) is 6. The van der Waals surface area contributed by atoms with Crippen molar-refractivity contribution in [2.24, 2.45) is 0 Å². The zero-order valence-corrected chi connectivity index (χ0v) is 19.9. The molecule has 0 aromatic heterocycles. The second-order valence-electron chi connectivity index (χ2n) is 7.92. The topological polar surface area (TPSA) is 112 Å². The highest BCUT2D eigenvalue weighted by atomic mass is 16.4. The Labute approximate surface area is 196 Å². The lowest BCUT2D eigenvalue weighted by Crippen LogP contribution is -2.18. The van der Waals surface area contributed by atoms with Crippen molar-refractivity contribution in [2.75, 3.05) is 0 Å². The van der Waals surface area contributed by atoms with E-state index in [1.807, 2.05) is 26.8 Å². The van der Waals surface area contributed by atoms with Crippen molar-refractivity contribution in [1.29, 1.82) is 0 Å². The zero-order chi connectivity index (χ0) is 24.8. The number of carboxylic acids is 3. The van der Waals surface area contributed by atoms with Crippen LogP contribution in [0.2, 0.25) is 0 Å². The van der Waals surface area contributed by atoms with Gasteiger partial charge >= 0.3 is 17.9 Å². The molecule has 0 fully saturated rings. The van der Waals surface area contributed by atoms with Crippen LogP contribution in [0.15, 0.2) is 18.2 Å². The molecule has 180 valence electrons. The van der Waals surface area contributed by atoms with Crippen molar-refractivity contribution in [3.05, 3.63) is 51.6 Å². The standard InChI is InChI=1S/C27H36O6/c1-4-7-10-13-16-19-20(17-14-11-8-5-2)23(26(30)31)24(27(32)33)21(22(19)25(28)29)18-15-12-9-6-3/h13-18H,4-12H2,1-3H3,(H,28,29)(H,30,31)(H,32,33). The van der Waals surface area contributed by atoms with Crippen LogP contribution in [0, 0.1) is 0 Å². The molecule has 0 spiro atoms. The molecule has 0 aliphatic heterocycles. The second kappa shape index (κ2) is 14.8. The Kier molecular flexibility index (Phi) is 12.5. The summed E-state index contributed by atoms with van der Waals surface area (Å²) in [4.78, 5) is 36.9. The molecule has 6 heteroatoms. The van der Waals surface area contributed by atoms with E-state index in [-0.39, 0.29) is 27.8 Å². The molecule has 6 nitrogen and oxygen atoms in total. The van der Waals surface area contributed by atoms with E-state index in [4.69, 9.17) is 0 Å². The average molecular weight is 457 g/mol. The van der Waals surface area contributed by atoms with Crippen molar-refractivity contribution < 1.29 is 29.7 Å². The van der Waals surface area contributed by atoms with Gasteiger partial charge in [0.05, 0.1) is 16.7 Å². The van der Waals surface area contributed by atoms with E-state index >= 15 is 0 Å². The largest absolute Gasteiger partial charge is 0.478 e. The molecule has 1 aromatic rings. The van der Waals surface area contributed by atoms with Gasteiger partial charge in [0.2, 0.25) is 0 Å². The quantitative estimate of drug-likeness (QED) is 0.237. The molecule has 0 amide bonds. The SMILES string of the molecule is CCCCC=Cc1c(C=CCCCC)c(C(=O)O)c(C(=O)O)c(C=CCCCC)c1C(=O)O.